The Morgan fingerprint density at radius 1 is 1.17 bits per heavy atom. The first-order valence-corrected chi connectivity index (χ1v) is 8.83. The number of rotatable bonds is 5. The van der Waals surface area contributed by atoms with Gasteiger partial charge in [0.1, 0.15) is 5.33 Å². The molecule has 0 aromatic heterocycles. The van der Waals surface area contributed by atoms with E-state index < -0.39 is 35.7 Å². The van der Waals surface area contributed by atoms with Crippen LogP contribution in [-0.4, -0.2) is 40.7 Å². The summed E-state index contributed by atoms with van der Waals surface area (Å²) in [4.78, 5) is 22.5. The third-order valence-corrected chi connectivity index (χ3v) is 5.81. The van der Waals surface area contributed by atoms with Crippen molar-refractivity contribution in [2.75, 3.05) is 11.9 Å². The fourth-order valence-electron chi connectivity index (χ4n) is 5.01. The molecular weight excluding hydrogens is 378 g/mol. The summed E-state index contributed by atoms with van der Waals surface area (Å²) in [5.74, 6) is -1.89. The van der Waals surface area contributed by atoms with Crippen molar-refractivity contribution in [3.63, 3.8) is 0 Å². The van der Waals surface area contributed by atoms with E-state index in [1.165, 1.54) is 0 Å². The number of aliphatic hydroxyl groups is 1. The van der Waals surface area contributed by atoms with Crippen LogP contribution in [0.1, 0.15) is 38.5 Å². The van der Waals surface area contributed by atoms with Gasteiger partial charge in [0.05, 0.1) is 11.0 Å². The van der Waals surface area contributed by atoms with Crippen LogP contribution in [0.4, 0.5) is 8.78 Å². The van der Waals surface area contributed by atoms with Gasteiger partial charge in [-0.2, -0.15) is 8.78 Å². The maximum Gasteiger partial charge on any atom is 0.405 e. The lowest BCUT2D eigenvalue weighted by molar-refractivity contribution is -0.338. The van der Waals surface area contributed by atoms with Gasteiger partial charge in [0.15, 0.2) is 6.61 Å². The van der Waals surface area contributed by atoms with E-state index in [2.05, 4.69) is 25.4 Å². The maximum atomic E-state index is 14.7. The molecule has 4 fully saturated rings. The van der Waals surface area contributed by atoms with E-state index in [9.17, 15) is 23.5 Å². The highest BCUT2D eigenvalue weighted by Gasteiger charge is 2.68. The first kappa shape index (κ1) is 17.1. The summed E-state index contributed by atoms with van der Waals surface area (Å²) in [5, 5.41) is 10.4. The van der Waals surface area contributed by atoms with Crippen molar-refractivity contribution < 1.29 is 33.0 Å². The normalized spacial score (nSPS) is 38.4. The van der Waals surface area contributed by atoms with Crippen LogP contribution in [0.3, 0.4) is 0 Å². The molecule has 0 radical (unpaired) electrons. The van der Waals surface area contributed by atoms with Crippen molar-refractivity contribution in [2.24, 2.45) is 17.3 Å². The Bertz CT molecular complexity index is 510. The lowest BCUT2D eigenvalue weighted by Gasteiger charge is -2.60. The van der Waals surface area contributed by atoms with Gasteiger partial charge in [0.2, 0.25) is 0 Å². The minimum atomic E-state index is -3.67. The minimum absolute atomic E-state index is 0.0472. The van der Waals surface area contributed by atoms with Crippen LogP contribution in [0.25, 0.3) is 0 Å². The average molecular weight is 397 g/mol. The lowest BCUT2D eigenvalue weighted by atomic mass is 9.47. The molecule has 1 N–H and O–H groups in total. The highest BCUT2D eigenvalue weighted by atomic mass is 79.9. The number of hydrogen-bond acceptors (Lipinski definition) is 5. The van der Waals surface area contributed by atoms with Gasteiger partial charge < -0.3 is 14.6 Å². The largest absolute Gasteiger partial charge is 0.453 e. The van der Waals surface area contributed by atoms with Crippen molar-refractivity contribution in [3.05, 3.63) is 0 Å². The van der Waals surface area contributed by atoms with Gasteiger partial charge in [-0.15, -0.1) is 0 Å². The standard InChI is InChI=1S/C15H19BrF2O5/c16-6-11(19)22-7-12(20)23-15(17,18)13-2-9-1-10(3-13)5-14(21,4-9)8-13/h9-10,21H,1-8H2. The fraction of sp³-hybridized carbons (Fsp3) is 0.867. The summed E-state index contributed by atoms with van der Waals surface area (Å²) in [6, 6.07) is 0. The topological polar surface area (TPSA) is 72.8 Å². The van der Waals surface area contributed by atoms with Crippen LogP contribution in [-0.2, 0) is 19.1 Å². The van der Waals surface area contributed by atoms with Gasteiger partial charge in [-0.1, -0.05) is 15.9 Å². The SMILES string of the molecule is O=C(CBr)OCC(=O)OC(F)(F)C12CC3CC(CC(O)(C3)C1)C2. The predicted octanol–water partition coefficient (Wildman–Crippen LogP) is 2.39. The molecule has 4 saturated carbocycles. The Hall–Kier alpha value is -0.760. The monoisotopic (exact) mass is 396 g/mol. The molecule has 0 aromatic carbocycles. The maximum absolute atomic E-state index is 14.7. The molecule has 0 aromatic rings. The molecular formula is C15H19BrF2O5. The molecule has 4 aliphatic rings. The van der Waals surface area contributed by atoms with Crippen molar-refractivity contribution in [1.29, 1.82) is 0 Å². The quantitative estimate of drug-likeness (QED) is 0.570. The van der Waals surface area contributed by atoms with E-state index >= 15 is 0 Å². The van der Waals surface area contributed by atoms with Crippen LogP contribution in [0.2, 0.25) is 0 Å². The van der Waals surface area contributed by atoms with Crippen molar-refractivity contribution in [3.8, 4) is 0 Å². The van der Waals surface area contributed by atoms with Gasteiger partial charge in [-0.3, -0.25) is 4.79 Å². The van der Waals surface area contributed by atoms with E-state index in [0.29, 0.717) is 12.8 Å². The Balaban J connectivity index is 1.69. The highest BCUT2D eigenvalue weighted by molar-refractivity contribution is 9.09. The molecule has 23 heavy (non-hydrogen) atoms. The highest BCUT2D eigenvalue weighted by Crippen LogP contribution is 2.66. The summed E-state index contributed by atoms with van der Waals surface area (Å²) in [7, 11) is 0. The molecule has 2 unspecified atom stereocenters. The van der Waals surface area contributed by atoms with E-state index in [4.69, 9.17) is 0 Å². The molecule has 0 saturated heterocycles. The number of halogens is 3. The van der Waals surface area contributed by atoms with Gasteiger partial charge in [0.25, 0.3) is 0 Å². The Morgan fingerprint density at radius 2 is 1.78 bits per heavy atom. The second kappa shape index (κ2) is 5.65. The molecule has 0 spiro atoms. The van der Waals surface area contributed by atoms with Crippen molar-refractivity contribution in [2.45, 2.75) is 50.2 Å². The third-order valence-electron chi connectivity index (χ3n) is 5.35. The summed E-state index contributed by atoms with van der Waals surface area (Å²) in [5.41, 5.74) is -2.57. The number of carbonyl (C=O) groups is 2. The van der Waals surface area contributed by atoms with Crippen LogP contribution in [0.5, 0.6) is 0 Å². The van der Waals surface area contributed by atoms with Gasteiger partial charge in [-0.25, -0.2) is 4.79 Å². The van der Waals surface area contributed by atoms with Crippen LogP contribution < -0.4 is 0 Å². The summed E-state index contributed by atoms with van der Waals surface area (Å²) >= 11 is 2.84. The van der Waals surface area contributed by atoms with Gasteiger partial charge in [-0.05, 0) is 50.4 Å². The van der Waals surface area contributed by atoms with E-state index in [1.54, 1.807) is 0 Å². The second-order valence-electron chi connectivity index (χ2n) is 7.25. The minimum Gasteiger partial charge on any atom is -0.453 e. The number of ether oxygens (including phenoxy) is 2. The lowest BCUT2D eigenvalue weighted by Crippen LogP contribution is -2.62. The smallest absolute Gasteiger partial charge is 0.405 e. The predicted molar refractivity (Wildman–Crippen MR) is 77.9 cm³/mol. The van der Waals surface area contributed by atoms with Crippen LogP contribution in [0.15, 0.2) is 0 Å². The van der Waals surface area contributed by atoms with E-state index in [1.807, 2.05) is 0 Å². The zero-order chi connectivity index (χ0) is 16.9. The molecule has 0 amide bonds. The zero-order valence-corrected chi connectivity index (χ0v) is 14.1. The molecule has 2 atom stereocenters. The summed E-state index contributed by atoms with van der Waals surface area (Å²) in [6.45, 7) is -0.840. The van der Waals surface area contributed by atoms with E-state index in [-0.39, 0.29) is 36.4 Å². The van der Waals surface area contributed by atoms with Crippen molar-refractivity contribution in [1.82, 2.24) is 0 Å². The second-order valence-corrected chi connectivity index (χ2v) is 7.81. The van der Waals surface area contributed by atoms with Crippen LogP contribution >= 0.6 is 15.9 Å². The number of alkyl halides is 3. The number of esters is 2. The first-order chi connectivity index (χ1) is 10.7. The Kier molecular flexibility index (Phi) is 4.20. The third kappa shape index (κ3) is 3.12. The molecule has 4 bridgehead atoms. The average Bonchev–Trinajstić information content (AvgIpc) is 2.41. The zero-order valence-electron chi connectivity index (χ0n) is 12.5. The molecule has 8 heteroatoms. The first-order valence-electron chi connectivity index (χ1n) is 7.71. The molecule has 0 aliphatic heterocycles. The summed E-state index contributed by atoms with van der Waals surface area (Å²) in [6.07, 6.45) is -1.24. The molecule has 130 valence electrons. The molecule has 0 heterocycles. The number of carbonyl (C=O) groups excluding carboxylic acids is 2. The Labute approximate surface area is 140 Å². The molecule has 4 rings (SSSR count). The van der Waals surface area contributed by atoms with Gasteiger partial charge >= 0.3 is 18.0 Å². The molecule has 4 aliphatic carbocycles. The summed E-state index contributed by atoms with van der Waals surface area (Å²) < 4.78 is 38.3. The van der Waals surface area contributed by atoms with Crippen LogP contribution in [0, 0.1) is 17.3 Å². The number of hydrogen-bond donors (Lipinski definition) is 1. The van der Waals surface area contributed by atoms with Crippen molar-refractivity contribution >= 4 is 27.9 Å². The van der Waals surface area contributed by atoms with Gasteiger partial charge in [0, 0.05) is 0 Å². The fourth-order valence-corrected chi connectivity index (χ4v) is 5.18. The van der Waals surface area contributed by atoms with E-state index in [0.717, 1.165) is 6.42 Å². The Morgan fingerprint density at radius 3 is 2.30 bits per heavy atom. The molecule has 5 nitrogen and oxygen atoms in total.